The van der Waals surface area contributed by atoms with Crippen LogP contribution in [0, 0.1) is 6.92 Å². The molecule has 1 aromatic rings. The van der Waals surface area contributed by atoms with Crippen molar-refractivity contribution < 1.29 is 13.2 Å². The lowest BCUT2D eigenvalue weighted by Gasteiger charge is -2.21. The normalized spacial score (nSPS) is 17.7. The van der Waals surface area contributed by atoms with E-state index in [2.05, 4.69) is 0 Å². The second kappa shape index (κ2) is 6.79. The first-order chi connectivity index (χ1) is 9.91. The standard InChI is InChI=1S/C16H25NO3S/c1-13(2)20-16-9-8-15(12-14(16)3)21(18,19)17-10-6-4-5-7-11-17/h8-9,12-13H,4-7,10-11H2,1-3H3. The highest BCUT2D eigenvalue weighted by Crippen LogP contribution is 2.26. The van der Waals surface area contributed by atoms with Crippen LogP contribution in [0.5, 0.6) is 5.75 Å². The summed E-state index contributed by atoms with van der Waals surface area (Å²) < 4.78 is 32.7. The number of aryl methyl sites for hydroxylation is 1. The third-order valence-corrected chi connectivity index (χ3v) is 5.61. The number of rotatable bonds is 4. The molecule has 1 aromatic carbocycles. The van der Waals surface area contributed by atoms with Crippen molar-refractivity contribution in [3.63, 3.8) is 0 Å². The molecule has 0 atom stereocenters. The van der Waals surface area contributed by atoms with Crippen molar-refractivity contribution in [2.45, 2.75) is 57.5 Å². The number of sulfonamides is 1. The number of benzene rings is 1. The maximum Gasteiger partial charge on any atom is 0.243 e. The van der Waals surface area contributed by atoms with E-state index in [9.17, 15) is 8.42 Å². The van der Waals surface area contributed by atoms with E-state index in [0.29, 0.717) is 18.0 Å². The summed E-state index contributed by atoms with van der Waals surface area (Å²) in [7, 11) is -3.38. The molecule has 5 heteroatoms. The lowest BCUT2D eigenvalue weighted by Crippen LogP contribution is -2.32. The highest BCUT2D eigenvalue weighted by atomic mass is 32.2. The van der Waals surface area contributed by atoms with Crippen LogP contribution in [0.1, 0.15) is 45.1 Å². The Labute approximate surface area is 128 Å². The van der Waals surface area contributed by atoms with Crippen molar-refractivity contribution in [2.24, 2.45) is 0 Å². The summed E-state index contributed by atoms with van der Waals surface area (Å²) in [5, 5.41) is 0. The van der Waals surface area contributed by atoms with Gasteiger partial charge in [-0.1, -0.05) is 12.8 Å². The lowest BCUT2D eigenvalue weighted by atomic mass is 10.2. The molecule has 0 aromatic heterocycles. The zero-order chi connectivity index (χ0) is 15.5. The predicted molar refractivity (Wildman–Crippen MR) is 84.2 cm³/mol. The van der Waals surface area contributed by atoms with Crippen LogP contribution in [-0.4, -0.2) is 31.9 Å². The molecule has 2 rings (SSSR count). The first-order valence-corrected chi connectivity index (χ1v) is 9.13. The monoisotopic (exact) mass is 311 g/mol. The number of ether oxygens (including phenoxy) is 1. The van der Waals surface area contributed by atoms with Gasteiger partial charge < -0.3 is 4.74 Å². The molecule has 1 heterocycles. The van der Waals surface area contributed by atoms with E-state index in [1.54, 1.807) is 22.5 Å². The van der Waals surface area contributed by atoms with E-state index in [0.717, 1.165) is 37.0 Å². The largest absolute Gasteiger partial charge is 0.491 e. The molecule has 1 saturated heterocycles. The summed E-state index contributed by atoms with van der Waals surface area (Å²) in [5.41, 5.74) is 0.861. The van der Waals surface area contributed by atoms with Gasteiger partial charge in [-0.2, -0.15) is 4.31 Å². The Hall–Kier alpha value is -1.07. The average Bonchev–Trinajstić information content (AvgIpc) is 2.69. The van der Waals surface area contributed by atoms with Gasteiger partial charge in [-0.15, -0.1) is 0 Å². The van der Waals surface area contributed by atoms with Crippen LogP contribution in [0.25, 0.3) is 0 Å². The van der Waals surface area contributed by atoms with E-state index < -0.39 is 10.0 Å². The van der Waals surface area contributed by atoms with Gasteiger partial charge in [-0.3, -0.25) is 0 Å². The minimum absolute atomic E-state index is 0.0803. The molecule has 21 heavy (non-hydrogen) atoms. The molecule has 0 amide bonds. The van der Waals surface area contributed by atoms with Crippen LogP contribution in [0.4, 0.5) is 0 Å². The van der Waals surface area contributed by atoms with Gasteiger partial charge in [0, 0.05) is 13.1 Å². The maximum atomic E-state index is 12.7. The molecule has 0 N–H and O–H groups in total. The smallest absolute Gasteiger partial charge is 0.243 e. The fourth-order valence-electron chi connectivity index (χ4n) is 2.60. The molecule has 1 aliphatic rings. The summed E-state index contributed by atoms with van der Waals surface area (Å²) in [6.45, 7) is 7.07. The Morgan fingerprint density at radius 3 is 2.24 bits per heavy atom. The molecule has 0 bridgehead atoms. The molecule has 1 fully saturated rings. The highest BCUT2D eigenvalue weighted by Gasteiger charge is 2.25. The summed E-state index contributed by atoms with van der Waals surface area (Å²) in [5.74, 6) is 0.750. The second-order valence-corrected chi connectivity index (χ2v) is 7.85. The summed E-state index contributed by atoms with van der Waals surface area (Å²) in [6.07, 6.45) is 4.22. The van der Waals surface area contributed by atoms with Crippen molar-refractivity contribution in [2.75, 3.05) is 13.1 Å². The van der Waals surface area contributed by atoms with Crippen LogP contribution < -0.4 is 4.74 Å². The van der Waals surface area contributed by atoms with E-state index in [4.69, 9.17) is 4.74 Å². The minimum atomic E-state index is -3.38. The zero-order valence-corrected chi connectivity index (χ0v) is 13.9. The zero-order valence-electron chi connectivity index (χ0n) is 13.1. The quantitative estimate of drug-likeness (QED) is 0.856. The fourth-order valence-corrected chi connectivity index (χ4v) is 4.20. The molecule has 0 aliphatic carbocycles. The summed E-state index contributed by atoms with van der Waals surface area (Å²) >= 11 is 0. The Morgan fingerprint density at radius 2 is 1.71 bits per heavy atom. The van der Waals surface area contributed by atoms with Gasteiger partial charge in [0.1, 0.15) is 5.75 Å². The van der Waals surface area contributed by atoms with Crippen molar-refractivity contribution in [3.05, 3.63) is 23.8 Å². The third kappa shape index (κ3) is 3.98. The Kier molecular flexibility index (Phi) is 5.27. The SMILES string of the molecule is Cc1cc(S(=O)(=O)N2CCCCCC2)ccc1OC(C)C. The first-order valence-electron chi connectivity index (χ1n) is 7.69. The summed E-state index contributed by atoms with van der Waals surface area (Å²) in [6, 6.07) is 5.14. The fraction of sp³-hybridized carbons (Fsp3) is 0.625. The van der Waals surface area contributed by atoms with Crippen molar-refractivity contribution >= 4 is 10.0 Å². The minimum Gasteiger partial charge on any atom is -0.491 e. The Bertz CT molecular complexity index is 573. The molecule has 0 unspecified atom stereocenters. The highest BCUT2D eigenvalue weighted by molar-refractivity contribution is 7.89. The van der Waals surface area contributed by atoms with Crippen molar-refractivity contribution in [1.82, 2.24) is 4.31 Å². The number of nitrogens with zero attached hydrogens (tertiary/aromatic N) is 1. The first kappa shape index (κ1) is 16.3. The van der Waals surface area contributed by atoms with Gasteiger partial charge >= 0.3 is 0 Å². The van der Waals surface area contributed by atoms with Crippen LogP contribution in [0.2, 0.25) is 0 Å². The van der Waals surface area contributed by atoms with Crippen LogP contribution in [-0.2, 0) is 10.0 Å². The predicted octanol–water partition coefficient (Wildman–Crippen LogP) is 3.35. The maximum absolute atomic E-state index is 12.7. The molecule has 4 nitrogen and oxygen atoms in total. The molecule has 118 valence electrons. The van der Waals surface area contributed by atoms with E-state index in [-0.39, 0.29) is 6.10 Å². The van der Waals surface area contributed by atoms with Gasteiger partial charge in [0.25, 0.3) is 0 Å². The molecule has 0 spiro atoms. The molecule has 1 aliphatic heterocycles. The third-order valence-electron chi connectivity index (χ3n) is 3.71. The second-order valence-electron chi connectivity index (χ2n) is 5.91. The average molecular weight is 311 g/mol. The molecule has 0 radical (unpaired) electrons. The molecule has 0 saturated carbocycles. The van der Waals surface area contributed by atoms with Gasteiger partial charge in [0.2, 0.25) is 10.0 Å². The van der Waals surface area contributed by atoms with Gasteiger partial charge in [-0.25, -0.2) is 8.42 Å². The van der Waals surface area contributed by atoms with Gasteiger partial charge in [0.05, 0.1) is 11.0 Å². The Morgan fingerprint density at radius 1 is 1.10 bits per heavy atom. The van der Waals surface area contributed by atoms with Crippen LogP contribution >= 0.6 is 0 Å². The van der Waals surface area contributed by atoms with Crippen LogP contribution in [0.3, 0.4) is 0 Å². The van der Waals surface area contributed by atoms with E-state index in [1.165, 1.54) is 0 Å². The van der Waals surface area contributed by atoms with E-state index in [1.807, 2.05) is 20.8 Å². The molecular weight excluding hydrogens is 286 g/mol. The van der Waals surface area contributed by atoms with Crippen molar-refractivity contribution in [1.29, 1.82) is 0 Å². The summed E-state index contributed by atoms with van der Waals surface area (Å²) in [4.78, 5) is 0.373. The van der Waals surface area contributed by atoms with Gasteiger partial charge in [-0.05, 0) is 57.4 Å². The van der Waals surface area contributed by atoms with E-state index >= 15 is 0 Å². The number of hydrogen-bond acceptors (Lipinski definition) is 3. The lowest BCUT2D eigenvalue weighted by molar-refractivity contribution is 0.240. The van der Waals surface area contributed by atoms with Crippen LogP contribution in [0.15, 0.2) is 23.1 Å². The van der Waals surface area contributed by atoms with Crippen molar-refractivity contribution in [3.8, 4) is 5.75 Å². The topological polar surface area (TPSA) is 46.6 Å². The number of hydrogen-bond donors (Lipinski definition) is 0. The molecular formula is C16H25NO3S. The Balaban J connectivity index is 2.25. The van der Waals surface area contributed by atoms with Gasteiger partial charge in [0.15, 0.2) is 0 Å².